The van der Waals surface area contributed by atoms with Gasteiger partial charge in [0, 0.05) is 4.92 Å². The smallest absolute Gasteiger partial charge is 0.408 e. The van der Waals surface area contributed by atoms with Crippen molar-refractivity contribution in [2.24, 2.45) is 5.92 Å². The molecule has 2 atom stereocenters. The predicted octanol–water partition coefficient (Wildman–Crippen LogP) is 3.29. The molecule has 0 saturated heterocycles. The number of ketones is 1. The molecule has 0 aliphatic rings. The van der Waals surface area contributed by atoms with E-state index in [2.05, 4.69) is 10.6 Å². The van der Waals surface area contributed by atoms with Gasteiger partial charge in [-0.05, 0) is 36.3 Å². The van der Waals surface area contributed by atoms with Gasteiger partial charge in [0.25, 0.3) is 6.54 Å². The number of carbonyl (C=O) groups is 3. The minimum Gasteiger partial charge on any atom is -0.445 e. The molecule has 2 N–H and O–H groups in total. The van der Waals surface area contributed by atoms with E-state index in [9.17, 15) is 24.5 Å². The predicted molar refractivity (Wildman–Crippen MR) is 127 cm³/mol. The number of alkyl carbamates (subject to hydrolysis) is 1. The van der Waals surface area contributed by atoms with Crippen LogP contribution in [0.15, 0.2) is 60.7 Å². The first-order chi connectivity index (χ1) is 16.2. The van der Waals surface area contributed by atoms with Gasteiger partial charge >= 0.3 is 6.09 Å². The van der Waals surface area contributed by atoms with Gasteiger partial charge in [0.05, 0.1) is 6.04 Å². The minimum atomic E-state index is -1.05. The molecule has 2 aromatic rings. The second-order valence-electron chi connectivity index (χ2n) is 8.43. The highest BCUT2D eigenvalue weighted by Gasteiger charge is 2.29. The average Bonchev–Trinajstić information content (AvgIpc) is 2.80. The van der Waals surface area contributed by atoms with E-state index in [1.807, 2.05) is 74.5 Å². The molecule has 0 aliphatic carbocycles. The van der Waals surface area contributed by atoms with E-state index in [0.29, 0.717) is 12.8 Å². The molecule has 34 heavy (non-hydrogen) atoms. The monoisotopic (exact) mass is 469 g/mol. The normalized spacial score (nSPS) is 12.4. The van der Waals surface area contributed by atoms with Crippen molar-refractivity contribution in [2.75, 3.05) is 6.54 Å². The van der Waals surface area contributed by atoms with Gasteiger partial charge in [0.2, 0.25) is 11.7 Å². The molecule has 2 aromatic carbocycles. The number of hydrogen-bond donors (Lipinski definition) is 2. The Balaban J connectivity index is 2.04. The molecule has 0 unspecified atom stereocenters. The summed E-state index contributed by atoms with van der Waals surface area (Å²) in [5, 5.41) is 16.1. The van der Waals surface area contributed by atoms with Crippen molar-refractivity contribution in [3.05, 3.63) is 81.9 Å². The Labute approximate surface area is 199 Å². The van der Waals surface area contributed by atoms with Crippen molar-refractivity contribution in [2.45, 2.75) is 51.8 Å². The number of ether oxygens (including phenoxy) is 1. The molecule has 0 bridgehead atoms. The molecule has 0 radical (unpaired) electrons. The molecule has 0 heterocycles. The van der Waals surface area contributed by atoms with Crippen LogP contribution in [-0.4, -0.2) is 41.3 Å². The zero-order valence-corrected chi connectivity index (χ0v) is 19.4. The summed E-state index contributed by atoms with van der Waals surface area (Å²) in [6, 6.07) is 16.4. The van der Waals surface area contributed by atoms with E-state index in [1.165, 1.54) is 0 Å². The fraction of sp³-hybridized carbons (Fsp3) is 0.400. The molecule has 0 aromatic heterocycles. The first-order valence-electron chi connectivity index (χ1n) is 11.2. The lowest BCUT2D eigenvalue weighted by molar-refractivity contribution is -0.467. The van der Waals surface area contributed by atoms with Crippen LogP contribution in [0.4, 0.5) is 4.79 Å². The fourth-order valence-corrected chi connectivity index (χ4v) is 3.39. The van der Waals surface area contributed by atoms with Gasteiger partial charge < -0.3 is 15.4 Å². The first-order valence-corrected chi connectivity index (χ1v) is 11.2. The highest BCUT2D eigenvalue weighted by Crippen LogP contribution is 2.10. The van der Waals surface area contributed by atoms with Gasteiger partial charge in [0.1, 0.15) is 12.6 Å². The minimum absolute atomic E-state index is 0.0453. The third kappa shape index (κ3) is 9.81. The molecule has 0 aliphatic heterocycles. The van der Waals surface area contributed by atoms with Crippen LogP contribution in [0.2, 0.25) is 0 Å². The van der Waals surface area contributed by atoms with Crippen molar-refractivity contribution >= 4 is 17.8 Å². The van der Waals surface area contributed by atoms with Crippen LogP contribution in [0.3, 0.4) is 0 Å². The van der Waals surface area contributed by atoms with Gasteiger partial charge in [-0.15, -0.1) is 0 Å². The van der Waals surface area contributed by atoms with E-state index >= 15 is 0 Å². The maximum Gasteiger partial charge on any atom is 0.408 e. The number of amides is 2. The zero-order valence-electron chi connectivity index (χ0n) is 19.4. The number of nitrogens with one attached hydrogen (secondary N) is 2. The maximum absolute atomic E-state index is 13.0. The Kier molecular flexibility index (Phi) is 10.7. The summed E-state index contributed by atoms with van der Waals surface area (Å²) in [7, 11) is 0. The SMILES string of the molecule is CC(C)C[C@H](NC(=O)OCc1ccccc1)C(=O)N[C@@H](CCc1ccccc1)C(=O)C[N+](=O)[O-]. The number of carbonyl (C=O) groups excluding carboxylic acids is 3. The number of Topliss-reactive ketones (excluding diaryl/α,β-unsaturated/α-hetero) is 1. The molecule has 0 fully saturated rings. The Hall–Kier alpha value is -3.75. The summed E-state index contributed by atoms with van der Waals surface area (Å²) in [4.78, 5) is 48.0. The van der Waals surface area contributed by atoms with Gasteiger partial charge in [-0.1, -0.05) is 74.5 Å². The molecule has 2 rings (SSSR count). The highest BCUT2D eigenvalue weighted by atomic mass is 16.6. The summed E-state index contributed by atoms with van der Waals surface area (Å²) >= 11 is 0. The van der Waals surface area contributed by atoms with E-state index in [1.54, 1.807) is 0 Å². The molecule has 182 valence electrons. The molecular weight excluding hydrogens is 438 g/mol. The largest absolute Gasteiger partial charge is 0.445 e. The summed E-state index contributed by atoms with van der Waals surface area (Å²) in [5.41, 5.74) is 1.74. The van der Waals surface area contributed by atoms with Crippen molar-refractivity contribution in [3.8, 4) is 0 Å². The number of hydrogen-bond acceptors (Lipinski definition) is 6. The number of nitrogens with zero attached hydrogens (tertiary/aromatic N) is 1. The molecule has 0 spiro atoms. The van der Waals surface area contributed by atoms with Gasteiger partial charge in [-0.2, -0.15) is 0 Å². The number of benzene rings is 2. The average molecular weight is 470 g/mol. The van der Waals surface area contributed by atoms with Crippen molar-refractivity contribution < 1.29 is 24.0 Å². The van der Waals surface area contributed by atoms with Crippen LogP contribution in [0, 0.1) is 16.0 Å². The Morgan fingerprint density at radius 3 is 2.06 bits per heavy atom. The van der Waals surface area contributed by atoms with Gasteiger partial charge in [-0.25, -0.2) is 4.79 Å². The quantitative estimate of drug-likeness (QED) is 0.342. The zero-order chi connectivity index (χ0) is 24.9. The summed E-state index contributed by atoms with van der Waals surface area (Å²) < 4.78 is 5.21. The molecular formula is C25H31N3O6. The van der Waals surface area contributed by atoms with E-state index in [4.69, 9.17) is 4.74 Å². The van der Waals surface area contributed by atoms with Gasteiger partial charge in [-0.3, -0.25) is 19.7 Å². The van der Waals surface area contributed by atoms with Crippen LogP contribution in [0.5, 0.6) is 0 Å². The summed E-state index contributed by atoms with van der Waals surface area (Å²) in [5.74, 6) is -1.22. The van der Waals surface area contributed by atoms with Crippen molar-refractivity contribution in [1.82, 2.24) is 10.6 Å². The topological polar surface area (TPSA) is 128 Å². The van der Waals surface area contributed by atoms with Crippen molar-refractivity contribution in [3.63, 3.8) is 0 Å². The lowest BCUT2D eigenvalue weighted by Gasteiger charge is -2.23. The first kappa shape index (κ1) is 26.5. The van der Waals surface area contributed by atoms with E-state index in [0.717, 1.165) is 11.1 Å². The highest BCUT2D eigenvalue weighted by molar-refractivity contribution is 5.92. The third-order valence-electron chi connectivity index (χ3n) is 5.08. The van der Waals surface area contributed by atoms with Crippen LogP contribution < -0.4 is 10.6 Å². The van der Waals surface area contributed by atoms with E-state index < -0.39 is 41.3 Å². The van der Waals surface area contributed by atoms with Crippen LogP contribution >= 0.6 is 0 Å². The van der Waals surface area contributed by atoms with Crippen LogP contribution in [-0.2, 0) is 27.4 Å². The molecule has 9 heteroatoms. The van der Waals surface area contributed by atoms with Crippen molar-refractivity contribution in [1.29, 1.82) is 0 Å². The Morgan fingerprint density at radius 2 is 1.50 bits per heavy atom. The fourth-order valence-electron chi connectivity index (χ4n) is 3.39. The molecule has 9 nitrogen and oxygen atoms in total. The van der Waals surface area contributed by atoms with Crippen LogP contribution in [0.1, 0.15) is 37.8 Å². The molecule has 0 saturated carbocycles. The van der Waals surface area contributed by atoms with Gasteiger partial charge in [0.15, 0.2) is 0 Å². The Morgan fingerprint density at radius 1 is 0.912 bits per heavy atom. The second kappa shape index (κ2) is 13.7. The number of aryl methyl sites for hydroxylation is 1. The number of nitro groups is 1. The van der Waals surface area contributed by atoms with Crippen LogP contribution in [0.25, 0.3) is 0 Å². The second-order valence-corrected chi connectivity index (χ2v) is 8.43. The lowest BCUT2D eigenvalue weighted by atomic mass is 9.99. The Bertz CT molecular complexity index is 950. The third-order valence-corrected chi connectivity index (χ3v) is 5.08. The summed E-state index contributed by atoms with van der Waals surface area (Å²) in [6.07, 6.45) is 0.203. The lowest BCUT2D eigenvalue weighted by Crippen LogP contribution is -2.53. The van der Waals surface area contributed by atoms with E-state index in [-0.39, 0.29) is 18.9 Å². The molecule has 2 amide bonds. The maximum atomic E-state index is 13.0. The number of rotatable bonds is 13. The standard InChI is InChI=1S/C25H31N3O6/c1-18(2)15-22(27-25(31)34-17-20-11-7-4-8-12-20)24(30)26-21(23(29)16-28(32)33)14-13-19-9-5-3-6-10-19/h3-12,18,21-22H,13-17H2,1-2H3,(H,26,30)(H,27,31)/t21-,22-/m0/s1. The summed E-state index contributed by atoms with van der Waals surface area (Å²) in [6.45, 7) is 2.94.